The fourth-order valence-corrected chi connectivity index (χ4v) is 0. The lowest BCUT2D eigenvalue weighted by atomic mass is 10.4. The van der Waals surface area contributed by atoms with Gasteiger partial charge in [-0.3, -0.25) is 0 Å². The minimum Gasteiger partial charge on any atom is -0.389 e. The molecular formula is C3H9NO2. The van der Waals surface area contributed by atoms with Crippen molar-refractivity contribution in [2.45, 2.75) is 19.3 Å². The van der Waals surface area contributed by atoms with Gasteiger partial charge in [0.25, 0.3) is 0 Å². The van der Waals surface area contributed by atoms with E-state index in [0.29, 0.717) is 0 Å². The van der Waals surface area contributed by atoms with Gasteiger partial charge in [0.1, 0.15) is 6.23 Å². The predicted molar refractivity (Wildman–Crippen MR) is 21.9 cm³/mol. The fraction of sp³-hybridized carbons (Fsp3) is 1.00. The Morgan fingerprint density at radius 3 is 1.67 bits per heavy atom. The van der Waals surface area contributed by atoms with Gasteiger partial charge in [-0.1, -0.05) is 0 Å². The van der Waals surface area contributed by atoms with Crippen molar-refractivity contribution in [3.8, 4) is 0 Å². The van der Waals surface area contributed by atoms with Gasteiger partial charge in [-0.15, -0.1) is 0 Å². The van der Waals surface area contributed by atoms with Crippen molar-refractivity contribution < 1.29 is 10.2 Å². The van der Waals surface area contributed by atoms with Gasteiger partial charge >= 0.3 is 0 Å². The first-order valence-corrected chi connectivity index (χ1v) is 1.76. The van der Waals surface area contributed by atoms with Crippen LogP contribution in [0.25, 0.3) is 0 Å². The van der Waals surface area contributed by atoms with Crippen molar-refractivity contribution in [3.05, 3.63) is 0 Å². The van der Waals surface area contributed by atoms with Crippen molar-refractivity contribution in [2.24, 2.45) is 5.73 Å². The molecule has 0 aliphatic heterocycles. The Morgan fingerprint density at radius 1 is 1.50 bits per heavy atom. The molecule has 4 N–H and O–H groups in total. The summed E-state index contributed by atoms with van der Waals surface area (Å²) in [5, 5.41) is 16.4. The predicted octanol–water partition coefficient (Wildman–Crippen LogP) is -1.36. The highest BCUT2D eigenvalue weighted by molar-refractivity contribution is 4.48. The van der Waals surface area contributed by atoms with Gasteiger partial charge in [0.05, 0.1) is 6.10 Å². The first-order chi connectivity index (χ1) is 2.64. The van der Waals surface area contributed by atoms with Crippen molar-refractivity contribution in [3.63, 3.8) is 0 Å². The second-order valence-corrected chi connectivity index (χ2v) is 1.23. The van der Waals surface area contributed by atoms with Crippen LogP contribution in [-0.4, -0.2) is 22.5 Å². The van der Waals surface area contributed by atoms with E-state index in [9.17, 15) is 0 Å². The summed E-state index contributed by atoms with van der Waals surface area (Å²) in [7, 11) is 0. The molecule has 38 valence electrons. The molecule has 0 amide bonds. The number of hydrogen-bond acceptors (Lipinski definition) is 3. The summed E-state index contributed by atoms with van der Waals surface area (Å²) in [5.74, 6) is 0. The molecule has 0 bridgehead atoms. The van der Waals surface area contributed by atoms with E-state index in [1.165, 1.54) is 6.92 Å². The maximum absolute atomic E-state index is 8.25. The maximum atomic E-state index is 8.25. The Hall–Kier alpha value is -0.120. The van der Waals surface area contributed by atoms with Gasteiger partial charge in [-0.25, -0.2) is 0 Å². The van der Waals surface area contributed by atoms with Crippen molar-refractivity contribution in [2.75, 3.05) is 0 Å². The summed E-state index contributed by atoms with van der Waals surface area (Å²) < 4.78 is 0. The van der Waals surface area contributed by atoms with E-state index >= 15 is 0 Å². The number of rotatable bonds is 1. The molecule has 0 heterocycles. The molecule has 0 rings (SSSR count). The zero-order chi connectivity index (χ0) is 5.15. The molecule has 1 unspecified atom stereocenters. The molecule has 2 atom stereocenters. The number of nitrogens with two attached hydrogens (primary N) is 1. The number of aliphatic hydroxyl groups is 2. The summed E-state index contributed by atoms with van der Waals surface area (Å²) in [6.45, 7) is 1.42. The highest BCUT2D eigenvalue weighted by Gasteiger charge is 2.00. The molecule has 0 spiro atoms. The lowest BCUT2D eigenvalue weighted by Gasteiger charge is -2.03. The minimum atomic E-state index is -1.09. The van der Waals surface area contributed by atoms with Gasteiger partial charge in [0.15, 0.2) is 0 Å². The highest BCUT2D eigenvalue weighted by atomic mass is 16.3. The zero-order valence-electron chi connectivity index (χ0n) is 3.63. The molecule has 3 heteroatoms. The minimum absolute atomic E-state index is 0.815. The summed E-state index contributed by atoms with van der Waals surface area (Å²) in [6, 6.07) is 0. The molecular weight excluding hydrogens is 82.0 g/mol. The smallest absolute Gasteiger partial charge is 0.128 e. The largest absolute Gasteiger partial charge is 0.389 e. The van der Waals surface area contributed by atoms with Gasteiger partial charge in [-0.2, -0.15) is 0 Å². The van der Waals surface area contributed by atoms with Crippen LogP contribution in [0.4, 0.5) is 0 Å². The second kappa shape index (κ2) is 2.12. The summed E-state index contributed by atoms with van der Waals surface area (Å²) >= 11 is 0. The monoisotopic (exact) mass is 91.1 g/mol. The molecule has 0 saturated heterocycles. The topological polar surface area (TPSA) is 66.5 Å². The normalized spacial score (nSPS) is 20.0. The molecule has 0 saturated carbocycles. The average Bonchev–Trinajstić information content (AvgIpc) is 1.36. The first kappa shape index (κ1) is 5.88. The van der Waals surface area contributed by atoms with E-state index in [1.807, 2.05) is 0 Å². The van der Waals surface area contributed by atoms with Crippen LogP contribution < -0.4 is 5.73 Å². The third-order valence-electron chi connectivity index (χ3n) is 0.494. The van der Waals surface area contributed by atoms with Crippen LogP contribution in [-0.2, 0) is 0 Å². The van der Waals surface area contributed by atoms with E-state index in [2.05, 4.69) is 0 Å². The SMILES string of the molecule is C[C@H](O)C(N)O. The Balaban J connectivity index is 2.99. The third kappa shape index (κ3) is 2.14. The lowest BCUT2D eigenvalue weighted by Crippen LogP contribution is -2.31. The second-order valence-electron chi connectivity index (χ2n) is 1.23. The van der Waals surface area contributed by atoms with Gasteiger partial charge < -0.3 is 15.9 Å². The molecule has 0 fully saturated rings. The molecule has 0 aromatic heterocycles. The van der Waals surface area contributed by atoms with Gasteiger partial charge in [0.2, 0.25) is 0 Å². The highest BCUT2D eigenvalue weighted by Crippen LogP contribution is 1.78. The van der Waals surface area contributed by atoms with Crippen LogP contribution in [0, 0.1) is 0 Å². The Labute approximate surface area is 36.4 Å². The lowest BCUT2D eigenvalue weighted by molar-refractivity contribution is 0.0359. The standard InChI is InChI=1S/C3H9NO2/c1-2(5)3(4)6/h2-3,5-6H,4H2,1H3/t2-,3?/m0/s1. The van der Waals surface area contributed by atoms with E-state index in [-0.39, 0.29) is 0 Å². The molecule has 0 aliphatic rings. The quantitative estimate of drug-likeness (QED) is 0.349. The van der Waals surface area contributed by atoms with Gasteiger partial charge in [-0.05, 0) is 6.92 Å². The van der Waals surface area contributed by atoms with Crippen molar-refractivity contribution in [1.82, 2.24) is 0 Å². The van der Waals surface area contributed by atoms with Crippen LogP contribution in [0.5, 0.6) is 0 Å². The summed E-state index contributed by atoms with van der Waals surface area (Å²) in [5.41, 5.74) is 4.74. The van der Waals surface area contributed by atoms with E-state index in [0.717, 1.165) is 0 Å². The number of aliphatic hydroxyl groups excluding tert-OH is 2. The molecule has 3 nitrogen and oxygen atoms in total. The summed E-state index contributed by atoms with van der Waals surface area (Å²) in [6.07, 6.45) is -1.91. The van der Waals surface area contributed by atoms with Crippen LogP contribution in [0.2, 0.25) is 0 Å². The Kier molecular flexibility index (Phi) is 2.08. The van der Waals surface area contributed by atoms with Gasteiger partial charge in [0, 0.05) is 0 Å². The molecule has 6 heavy (non-hydrogen) atoms. The molecule has 0 radical (unpaired) electrons. The van der Waals surface area contributed by atoms with Crippen molar-refractivity contribution >= 4 is 0 Å². The van der Waals surface area contributed by atoms with Crippen LogP contribution in [0.3, 0.4) is 0 Å². The summed E-state index contributed by atoms with van der Waals surface area (Å²) in [4.78, 5) is 0. The van der Waals surface area contributed by atoms with E-state index < -0.39 is 12.3 Å². The third-order valence-corrected chi connectivity index (χ3v) is 0.494. The number of hydrogen-bond donors (Lipinski definition) is 3. The van der Waals surface area contributed by atoms with Crippen molar-refractivity contribution in [1.29, 1.82) is 0 Å². The molecule has 0 aromatic rings. The van der Waals surface area contributed by atoms with Crippen LogP contribution in [0.1, 0.15) is 6.92 Å². The molecule has 0 aromatic carbocycles. The van der Waals surface area contributed by atoms with E-state index in [1.54, 1.807) is 0 Å². The average molecular weight is 91.1 g/mol. The van der Waals surface area contributed by atoms with E-state index in [4.69, 9.17) is 15.9 Å². The first-order valence-electron chi connectivity index (χ1n) is 1.76. The molecule has 0 aliphatic carbocycles. The Bertz CT molecular complexity index is 29.8. The zero-order valence-corrected chi connectivity index (χ0v) is 3.63. The fourth-order valence-electron chi connectivity index (χ4n) is 0. The van der Waals surface area contributed by atoms with Crippen LogP contribution >= 0.6 is 0 Å². The Morgan fingerprint density at radius 2 is 1.67 bits per heavy atom. The maximum Gasteiger partial charge on any atom is 0.128 e. The van der Waals surface area contributed by atoms with Crippen LogP contribution in [0.15, 0.2) is 0 Å².